The highest BCUT2D eigenvalue weighted by Crippen LogP contribution is 2.38. The Kier molecular flexibility index (Phi) is 5.09. The van der Waals surface area contributed by atoms with E-state index in [2.05, 4.69) is 4.98 Å². The van der Waals surface area contributed by atoms with Crippen LogP contribution in [0.1, 0.15) is 28.8 Å². The van der Waals surface area contributed by atoms with Crippen LogP contribution in [0, 0.1) is 11.6 Å². The fraction of sp³-hybridized carbons (Fsp3) is 0.240. The molecule has 0 saturated carbocycles. The summed E-state index contributed by atoms with van der Waals surface area (Å²) in [5.74, 6) is -2.26. The zero-order valence-electron chi connectivity index (χ0n) is 18.3. The molecule has 174 valence electrons. The minimum Gasteiger partial charge on any atom is -0.477 e. The highest BCUT2D eigenvalue weighted by atomic mass is 19.1. The van der Waals surface area contributed by atoms with Crippen LogP contribution < -0.4 is 10.3 Å². The second-order valence-corrected chi connectivity index (χ2v) is 8.62. The van der Waals surface area contributed by atoms with E-state index in [1.54, 1.807) is 24.1 Å². The number of pyridine rings is 2. The van der Waals surface area contributed by atoms with Crippen molar-refractivity contribution in [2.45, 2.75) is 18.4 Å². The molecule has 4 aromatic rings. The highest BCUT2D eigenvalue weighted by molar-refractivity contribution is 6.09. The summed E-state index contributed by atoms with van der Waals surface area (Å²) in [7, 11) is 1.62. The maximum absolute atomic E-state index is 15.1. The third-order valence-electron chi connectivity index (χ3n) is 6.64. The van der Waals surface area contributed by atoms with Crippen molar-refractivity contribution in [2.24, 2.45) is 7.05 Å². The summed E-state index contributed by atoms with van der Waals surface area (Å²) in [5.41, 5.74) is -0.726. The second kappa shape index (κ2) is 7.88. The van der Waals surface area contributed by atoms with Crippen molar-refractivity contribution in [3.05, 3.63) is 81.8 Å². The van der Waals surface area contributed by atoms with E-state index in [0.717, 1.165) is 0 Å². The molecule has 2 aromatic carbocycles. The molecule has 0 amide bonds. The van der Waals surface area contributed by atoms with E-state index in [0.29, 0.717) is 29.6 Å². The van der Waals surface area contributed by atoms with Crippen molar-refractivity contribution in [2.75, 3.05) is 18.0 Å². The Labute approximate surface area is 192 Å². The van der Waals surface area contributed by atoms with E-state index in [1.807, 2.05) is 0 Å². The number of carboxylic acids is 1. The van der Waals surface area contributed by atoms with Gasteiger partial charge < -0.3 is 19.7 Å². The predicted octanol–water partition coefficient (Wildman–Crippen LogP) is 3.55. The second-order valence-electron chi connectivity index (χ2n) is 8.62. The first-order chi connectivity index (χ1) is 16.2. The molecule has 0 bridgehead atoms. The van der Waals surface area contributed by atoms with Gasteiger partial charge in [-0.25, -0.2) is 13.6 Å². The molecule has 1 saturated heterocycles. The molecule has 1 aliphatic heterocycles. The number of aromatic nitrogens is 2. The van der Waals surface area contributed by atoms with E-state index < -0.39 is 28.6 Å². The average Bonchev–Trinajstić information content (AvgIpc) is 2.81. The molecule has 2 aromatic heterocycles. The number of piperidine rings is 1. The summed E-state index contributed by atoms with van der Waals surface area (Å²) in [4.78, 5) is 30.8. The van der Waals surface area contributed by atoms with Gasteiger partial charge in [-0.3, -0.25) is 9.78 Å². The maximum Gasteiger partial charge on any atom is 0.341 e. The zero-order chi connectivity index (χ0) is 24.2. The van der Waals surface area contributed by atoms with Gasteiger partial charge in [-0.1, -0.05) is 12.1 Å². The SMILES string of the molecule is Cn1cc(C(=O)O)c(=O)c2c3ccc(F)c(N4CCC(O)(c5ccc(F)cc5)CC4)c3ncc21. The minimum atomic E-state index is -1.34. The number of aromatic carboxylic acids is 1. The van der Waals surface area contributed by atoms with E-state index in [9.17, 15) is 24.2 Å². The Hall–Kier alpha value is -3.85. The molecule has 0 unspecified atom stereocenters. The van der Waals surface area contributed by atoms with Crippen LogP contribution in [0.2, 0.25) is 0 Å². The van der Waals surface area contributed by atoms with E-state index in [4.69, 9.17) is 0 Å². The molecular weight excluding hydrogens is 444 g/mol. The van der Waals surface area contributed by atoms with Gasteiger partial charge in [-0.05, 0) is 42.7 Å². The Morgan fingerprint density at radius 1 is 1.09 bits per heavy atom. The smallest absolute Gasteiger partial charge is 0.341 e. The molecule has 1 aliphatic rings. The van der Waals surface area contributed by atoms with Gasteiger partial charge in [-0.15, -0.1) is 0 Å². The Bertz CT molecular complexity index is 1510. The molecule has 2 N–H and O–H groups in total. The van der Waals surface area contributed by atoms with E-state index in [1.165, 1.54) is 41.2 Å². The van der Waals surface area contributed by atoms with Crippen LogP contribution in [0.25, 0.3) is 21.8 Å². The van der Waals surface area contributed by atoms with Crippen LogP contribution in [0.4, 0.5) is 14.5 Å². The molecular formula is C25H21F2N3O4. The summed E-state index contributed by atoms with van der Waals surface area (Å²) >= 11 is 0. The normalized spacial score (nSPS) is 15.7. The fourth-order valence-corrected chi connectivity index (χ4v) is 4.78. The van der Waals surface area contributed by atoms with Crippen molar-refractivity contribution in [1.29, 1.82) is 0 Å². The molecule has 0 atom stereocenters. The third kappa shape index (κ3) is 3.40. The lowest BCUT2D eigenvalue weighted by atomic mass is 9.84. The van der Waals surface area contributed by atoms with Crippen LogP contribution in [0.3, 0.4) is 0 Å². The van der Waals surface area contributed by atoms with Crippen molar-refractivity contribution in [3.63, 3.8) is 0 Å². The number of hydrogen-bond acceptors (Lipinski definition) is 5. The first kappa shape index (κ1) is 22.0. The number of fused-ring (bicyclic) bond motifs is 3. The number of rotatable bonds is 3. The van der Waals surface area contributed by atoms with Crippen molar-refractivity contribution >= 4 is 33.5 Å². The number of benzene rings is 2. The Morgan fingerprint density at radius 3 is 2.41 bits per heavy atom. The summed E-state index contributed by atoms with van der Waals surface area (Å²) in [6.45, 7) is 0.605. The summed E-state index contributed by atoms with van der Waals surface area (Å²) < 4.78 is 29.9. The molecule has 5 rings (SSSR count). The first-order valence-electron chi connectivity index (χ1n) is 10.8. The first-order valence-corrected chi connectivity index (χ1v) is 10.8. The molecule has 0 spiro atoms. The summed E-state index contributed by atoms with van der Waals surface area (Å²) in [5, 5.41) is 21.1. The van der Waals surface area contributed by atoms with Gasteiger partial charge in [0.15, 0.2) is 0 Å². The van der Waals surface area contributed by atoms with E-state index >= 15 is 4.39 Å². The van der Waals surface area contributed by atoms with Crippen LogP contribution in [0.15, 0.2) is 53.6 Å². The van der Waals surface area contributed by atoms with Gasteiger partial charge in [0.05, 0.1) is 33.9 Å². The number of anilines is 1. The van der Waals surface area contributed by atoms with Crippen molar-refractivity contribution in [3.8, 4) is 0 Å². The summed E-state index contributed by atoms with van der Waals surface area (Å²) in [6.07, 6.45) is 3.25. The van der Waals surface area contributed by atoms with Crippen LogP contribution in [-0.4, -0.2) is 38.8 Å². The van der Waals surface area contributed by atoms with Gasteiger partial charge in [0, 0.05) is 31.7 Å². The molecule has 0 aliphatic carbocycles. The quantitative estimate of drug-likeness (QED) is 0.450. The number of carbonyl (C=O) groups is 1. The molecule has 3 heterocycles. The largest absolute Gasteiger partial charge is 0.477 e. The van der Waals surface area contributed by atoms with Crippen molar-refractivity contribution in [1.82, 2.24) is 9.55 Å². The monoisotopic (exact) mass is 465 g/mol. The lowest BCUT2D eigenvalue weighted by molar-refractivity contribution is 0.0116. The number of aliphatic hydroxyl groups is 1. The van der Waals surface area contributed by atoms with Gasteiger partial charge in [0.25, 0.3) is 0 Å². The number of halogens is 2. The van der Waals surface area contributed by atoms with Crippen molar-refractivity contribution < 1.29 is 23.8 Å². The van der Waals surface area contributed by atoms with Gasteiger partial charge in [-0.2, -0.15) is 0 Å². The topological polar surface area (TPSA) is 95.7 Å². The predicted molar refractivity (Wildman–Crippen MR) is 123 cm³/mol. The standard InChI is InChI=1S/C25H21F2N3O4/c1-29-13-17(24(32)33)23(31)20-16-6-7-18(27)22(21(16)28-12-19(20)29)30-10-8-25(34,9-11-30)14-2-4-15(26)5-3-14/h2-7,12-13,34H,8-11H2,1H3,(H,32,33). The Balaban J connectivity index is 1.60. The third-order valence-corrected chi connectivity index (χ3v) is 6.64. The molecule has 7 nitrogen and oxygen atoms in total. The number of nitrogens with zero attached hydrogens (tertiary/aromatic N) is 3. The van der Waals surface area contributed by atoms with Gasteiger partial charge in [0.2, 0.25) is 5.43 Å². The van der Waals surface area contributed by atoms with E-state index in [-0.39, 0.29) is 35.0 Å². The van der Waals surface area contributed by atoms with Crippen LogP contribution >= 0.6 is 0 Å². The molecule has 0 radical (unpaired) electrons. The minimum absolute atomic E-state index is 0.161. The fourth-order valence-electron chi connectivity index (χ4n) is 4.78. The Morgan fingerprint density at radius 2 is 1.76 bits per heavy atom. The lowest BCUT2D eigenvalue weighted by Crippen LogP contribution is -2.43. The molecule has 34 heavy (non-hydrogen) atoms. The van der Waals surface area contributed by atoms with Crippen LogP contribution in [-0.2, 0) is 12.6 Å². The number of aryl methyl sites for hydroxylation is 1. The maximum atomic E-state index is 15.1. The van der Waals surface area contributed by atoms with Crippen LogP contribution in [0.5, 0.6) is 0 Å². The molecule has 1 fully saturated rings. The summed E-state index contributed by atoms with van der Waals surface area (Å²) in [6, 6.07) is 8.37. The van der Waals surface area contributed by atoms with Gasteiger partial charge >= 0.3 is 5.97 Å². The molecule has 9 heteroatoms. The highest BCUT2D eigenvalue weighted by Gasteiger charge is 2.35. The average molecular weight is 465 g/mol. The lowest BCUT2D eigenvalue weighted by Gasteiger charge is -2.40. The number of hydrogen-bond donors (Lipinski definition) is 2. The zero-order valence-corrected chi connectivity index (χ0v) is 18.3. The van der Waals surface area contributed by atoms with Gasteiger partial charge in [0.1, 0.15) is 17.2 Å². The number of carboxylic acid groups (broad SMARTS) is 1.